The first-order chi connectivity index (χ1) is 8.99. The van der Waals surface area contributed by atoms with Gasteiger partial charge < -0.3 is 4.90 Å². The van der Waals surface area contributed by atoms with E-state index in [2.05, 4.69) is 9.97 Å². The van der Waals surface area contributed by atoms with Gasteiger partial charge in [-0.2, -0.15) is 0 Å². The maximum atomic E-state index is 10.9. The minimum atomic E-state index is -0.403. The lowest BCUT2D eigenvalue weighted by molar-refractivity contribution is -0.385. The Kier molecular flexibility index (Phi) is 3.62. The van der Waals surface area contributed by atoms with Crippen LogP contribution in [0.3, 0.4) is 0 Å². The van der Waals surface area contributed by atoms with Crippen LogP contribution in [0.15, 0.2) is 30.5 Å². The quantitative estimate of drug-likeness (QED) is 0.490. The maximum Gasteiger partial charge on any atom is 0.274 e. The van der Waals surface area contributed by atoms with Gasteiger partial charge in [0.1, 0.15) is 5.82 Å². The van der Waals surface area contributed by atoms with Crippen LogP contribution in [-0.2, 0) is 0 Å². The SMILES string of the molecule is Cc1ccc(N(C)c2ccnc(Cl)n2)cc1[N+](=O)[O-]. The van der Waals surface area contributed by atoms with Gasteiger partial charge in [0.25, 0.3) is 5.69 Å². The van der Waals surface area contributed by atoms with E-state index >= 15 is 0 Å². The van der Waals surface area contributed by atoms with Gasteiger partial charge in [0.2, 0.25) is 5.28 Å². The van der Waals surface area contributed by atoms with Crippen molar-refractivity contribution in [1.82, 2.24) is 9.97 Å². The Balaban J connectivity index is 2.42. The fourth-order valence-corrected chi connectivity index (χ4v) is 1.79. The van der Waals surface area contributed by atoms with Gasteiger partial charge in [-0.05, 0) is 30.7 Å². The lowest BCUT2D eigenvalue weighted by Gasteiger charge is -2.18. The Morgan fingerprint density at radius 3 is 2.74 bits per heavy atom. The largest absolute Gasteiger partial charge is 0.329 e. The average molecular weight is 279 g/mol. The molecule has 0 saturated carbocycles. The van der Waals surface area contributed by atoms with Crippen LogP contribution in [0.2, 0.25) is 5.28 Å². The smallest absolute Gasteiger partial charge is 0.274 e. The minimum absolute atomic E-state index is 0.0736. The lowest BCUT2D eigenvalue weighted by atomic mass is 10.2. The summed E-state index contributed by atoms with van der Waals surface area (Å²) < 4.78 is 0. The number of halogens is 1. The van der Waals surface area contributed by atoms with Gasteiger partial charge in [-0.25, -0.2) is 9.97 Å². The number of nitro benzene ring substituents is 1. The summed E-state index contributed by atoms with van der Waals surface area (Å²) >= 11 is 5.73. The molecule has 0 aliphatic rings. The summed E-state index contributed by atoms with van der Waals surface area (Å²) in [5, 5.41) is 11.1. The highest BCUT2D eigenvalue weighted by Crippen LogP contribution is 2.28. The zero-order chi connectivity index (χ0) is 14.0. The van der Waals surface area contributed by atoms with E-state index in [-0.39, 0.29) is 11.0 Å². The molecule has 0 atom stereocenters. The van der Waals surface area contributed by atoms with Crippen LogP contribution in [0.1, 0.15) is 5.56 Å². The average Bonchev–Trinajstić information content (AvgIpc) is 2.38. The molecule has 7 heteroatoms. The molecule has 0 aliphatic carbocycles. The summed E-state index contributed by atoms with van der Waals surface area (Å²) in [5.74, 6) is 0.568. The monoisotopic (exact) mass is 278 g/mol. The Labute approximate surface area is 114 Å². The second kappa shape index (κ2) is 5.19. The van der Waals surface area contributed by atoms with E-state index in [0.29, 0.717) is 17.1 Å². The number of benzene rings is 1. The summed E-state index contributed by atoms with van der Waals surface area (Å²) in [7, 11) is 1.76. The van der Waals surface area contributed by atoms with Gasteiger partial charge in [-0.3, -0.25) is 10.1 Å². The zero-order valence-electron chi connectivity index (χ0n) is 10.4. The topological polar surface area (TPSA) is 72.2 Å². The first kappa shape index (κ1) is 13.2. The summed E-state index contributed by atoms with van der Waals surface area (Å²) in [5.41, 5.74) is 1.35. The second-order valence-corrected chi connectivity index (χ2v) is 4.31. The summed E-state index contributed by atoms with van der Waals surface area (Å²) in [6.45, 7) is 1.70. The molecule has 2 rings (SSSR count). The van der Waals surface area contributed by atoms with Gasteiger partial charge in [0.05, 0.1) is 4.92 Å². The van der Waals surface area contributed by atoms with E-state index in [1.807, 2.05) is 0 Å². The summed E-state index contributed by atoms with van der Waals surface area (Å²) in [6.07, 6.45) is 1.53. The van der Waals surface area contributed by atoms with Crippen molar-refractivity contribution in [2.24, 2.45) is 0 Å². The number of anilines is 2. The molecule has 0 N–H and O–H groups in total. The Morgan fingerprint density at radius 1 is 1.37 bits per heavy atom. The molecule has 1 aromatic carbocycles. The molecule has 98 valence electrons. The van der Waals surface area contributed by atoms with Crippen molar-refractivity contribution in [3.05, 3.63) is 51.4 Å². The molecular formula is C12H11ClN4O2. The fraction of sp³-hybridized carbons (Fsp3) is 0.167. The van der Waals surface area contributed by atoms with Crippen molar-refractivity contribution in [1.29, 1.82) is 0 Å². The third-order valence-corrected chi connectivity index (χ3v) is 2.91. The molecule has 0 aliphatic heterocycles. The maximum absolute atomic E-state index is 10.9. The van der Waals surface area contributed by atoms with Crippen molar-refractivity contribution in [2.75, 3.05) is 11.9 Å². The number of nitro groups is 1. The van der Waals surface area contributed by atoms with Gasteiger partial charge in [0.15, 0.2) is 0 Å². The van der Waals surface area contributed by atoms with Crippen molar-refractivity contribution in [3.63, 3.8) is 0 Å². The Bertz CT molecular complexity index is 633. The molecule has 19 heavy (non-hydrogen) atoms. The van der Waals surface area contributed by atoms with Gasteiger partial charge in [-0.1, -0.05) is 6.07 Å². The first-order valence-corrected chi connectivity index (χ1v) is 5.84. The summed E-state index contributed by atoms with van der Waals surface area (Å²) in [6, 6.07) is 6.67. The molecule has 1 aromatic heterocycles. The van der Waals surface area contributed by atoms with E-state index < -0.39 is 4.92 Å². The first-order valence-electron chi connectivity index (χ1n) is 5.46. The molecule has 0 saturated heterocycles. The number of hydrogen-bond donors (Lipinski definition) is 0. The highest BCUT2D eigenvalue weighted by atomic mass is 35.5. The molecule has 0 fully saturated rings. The van der Waals surface area contributed by atoms with Crippen molar-refractivity contribution < 1.29 is 4.92 Å². The normalized spacial score (nSPS) is 10.3. The molecule has 1 heterocycles. The van der Waals surface area contributed by atoms with E-state index in [9.17, 15) is 10.1 Å². The zero-order valence-corrected chi connectivity index (χ0v) is 11.1. The molecular weight excluding hydrogens is 268 g/mol. The van der Waals surface area contributed by atoms with Crippen molar-refractivity contribution >= 4 is 28.8 Å². The van der Waals surface area contributed by atoms with E-state index in [1.54, 1.807) is 37.1 Å². The number of nitrogens with zero attached hydrogens (tertiary/aromatic N) is 4. The fourth-order valence-electron chi connectivity index (χ4n) is 1.65. The number of aromatic nitrogens is 2. The van der Waals surface area contributed by atoms with Crippen LogP contribution in [0.4, 0.5) is 17.2 Å². The van der Waals surface area contributed by atoms with Crippen LogP contribution in [0.5, 0.6) is 0 Å². The van der Waals surface area contributed by atoms with Gasteiger partial charge in [0, 0.05) is 30.6 Å². The van der Waals surface area contributed by atoms with Crippen molar-refractivity contribution in [2.45, 2.75) is 6.92 Å². The van der Waals surface area contributed by atoms with Crippen LogP contribution < -0.4 is 4.90 Å². The van der Waals surface area contributed by atoms with Crippen molar-refractivity contribution in [3.8, 4) is 0 Å². The van der Waals surface area contributed by atoms with Gasteiger partial charge in [-0.15, -0.1) is 0 Å². The van der Waals surface area contributed by atoms with E-state index in [1.165, 1.54) is 12.3 Å². The van der Waals surface area contributed by atoms with E-state index in [0.717, 1.165) is 0 Å². The number of rotatable bonds is 3. The number of hydrogen-bond acceptors (Lipinski definition) is 5. The molecule has 2 aromatic rings. The molecule has 0 radical (unpaired) electrons. The van der Waals surface area contributed by atoms with Gasteiger partial charge >= 0.3 is 0 Å². The van der Waals surface area contributed by atoms with Crippen LogP contribution in [0.25, 0.3) is 0 Å². The third kappa shape index (κ3) is 2.79. The molecule has 6 nitrogen and oxygen atoms in total. The van der Waals surface area contributed by atoms with Crippen LogP contribution in [-0.4, -0.2) is 21.9 Å². The standard InChI is InChI=1S/C12H11ClN4O2/c1-8-3-4-9(7-10(8)17(18)19)16(2)11-5-6-14-12(13)15-11/h3-7H,1-2H3. The highest BCUT2D eigenvalue weighted by molar-refractivity contribution is 6.28. The molecule has 0 unspecified atom stereocenters. The van der Waals surface area contributed by atoms with Crippen LogP contribution in [0, 0.1) is 17.0 Å². The second-order valence-electron chi connectivity index (χ2n) is 3.97. The Morgan fingerprint density at radius 2 is 2.11 bits per heavy atom. The summed E-state index contributed by atoms with van der Waals surface area (Å²) in [4.78, 5) is 20.1. The predicted molar refractivity (Wildman–Crippen MR) is 72.9 cm³/mol. The van der Waals surface area contributed by atoms with E-state index in [4.69, 9.17) is 11.6 Å². The molecule has 0 bridgehead atoms. The Hall–Kier alpha value is -2.21. The molecule has 0 amide bonds. The molecule has 0 spiro atoms. The lowest BCUT2D eigenvalue weighted by Crippen LogP contribution is -2.11. The number of aryl methyl sites for hydroxylation is 1. The third-order valence-electron chi connectivity index (χ3n) is 2.73. The predicted octanol–water partition coefficient (Wildman–Crippen LogP) is 3.11. The van der Waals surface area contributed by atoms with Crippen LogP contribution >= 0.6 is 11.6 Å². The minimum Gasteiger partial charge on any atom is -0.329 e. The highest BCUT2D eigenvalue weighted by Gasteiger charge is 2.14.